The number of alkyl halides is 9. The smallest absolute Gasteiger partial charge is 0.460 e. The van der Waals surface area contributed by atoms with E-state index >= 15 is 0 Å². The molecule has 0 saturated heterocycles. The molecule has 1 fully saturated rings. The lowest BCUT2D eigenvalue weighted by Crippen LogP contribution is -2.63. The van der Waals surface area contributed by atoms with Crippen LogP contribution in [0.25, 0.3) is 0 Å². The van der Waals surface area contributed by atoms with E-state index in [2.05, 4.69) is 13.8 Å². The van der Waals surface area contributed by atoms with E-state index in [1.807, 2.05) is 0 Å². The lowest BCUT2D eigenvalue weighted by Gasteiger charge is -2.34. The predicted molar refractivity (Wildman–Crippen MR) is 114 cm³/mol. The van der Waals surface area contributed by atoms with Crippen LogP contribution in [0.15, 0.2) is 0 Å². The fourth-order valence-electron chi connectivity index (χ4n) is 3.20. The number of carbonyl (C=O) groups excluding carboxylic acids is 1. The summed E-state index contributed by atoms with van der Waals surface area (Å²) < 4.78 is 135. The molecule has 0 aromatic heterocycles. The van der Waals surface area contributed by atoms with Crippen molar-refractivity contribution in [3.63, 3.8) is 0 Å². The molecule has 0 spiro atoms. The summed E-state index contributed by atoms with van der Waals surface area (Å²) in [6.07, 6.45) is 4.28. The molecule has 0 radical (unpaired) electrons. The van der Waals surface area contributed by atoms with Gasteiger partial charge in [-0.25, -0.2) is 8.42 Å². The first kappa shape index (κ1) is 34.3. The minimum absolute atomic E-state index is 0.394. The highest BCUT2D eigenvalue weighted by molar-refractivity contribution is 7.97. The molecule has 0 aliphatic heterocycles. The Balaban J connectivity index is 0.000000662. The highest BCUT2D eigenvalue weighted by Gasteiger charge is 2.83. The van der Waals surface area contributed by atoms with Gasteiger partial charge in [0.2, 0.25) is 0 Å². The summed E-state index contributed by atoms with van der Waals surface area (Å²) in [4.78, 5) is 12.3. The first-order valence-electron chi connectivity index (χ1n) is 11.1. The molecule has 1 aliphatic carbocycles. The highest BCUT2D eigenvalue weighted by atomic mass is 32.2. The molecule has 1 aliphatic rings. The van der Waals surface area contributed by atoms with Crippen LogP contribution in [-0.4, -0.2) is 59.3 Å². The maximum Gasteiger partial charge on any atom is 0.460 e. The largest absolute Gasteiger partial charge is 0.743 e. The van der Waals surface area contributed by atoms with E-state index in [0.717, 1.165) is 5.75 Å². The molecule has 0 heterocycles. The molecule has 0 bridgehead atoms. The van der Waals surface area contributed by atoms with Crippen LogP contribution in [0.5, 0.6) is 0 Å². The minimum Gasteiger partial charge on any atom is -0.743 e. The van der Waals surface area contributed by atoms with Gasteiger partial charge in [0.1, 0.15) is 11.5 Å². The van der Waals surface area contributed by atoms with Crippen molar-refractivity contribution in [3.8, 4) is 0 Å². The Labute approximate surface area is 202 Å². The Morgan fingerprint density at radius 2 is 1.26 bits per heavy atom. The molecule has 15 heteroatoms. The Hall–Kier alpha value is -0.700. The fourth-order valence-corrected chi connectivity index (χ4v) is 6.17. The van der Waals surface area contributed by atoms with Crippen molar-refractivity contribution < 1.29 is 57.3 Å². The van der Waals surface area contributed by atoms with Crippen LogP contribution in [-0.2, 0) is 25.8 Å². The summed E-state index contributed by atoms with van der Waals surface area (Å²) >= 11 is 0. The molecule has 0 atom stereocenters. The summed E-state index contributed by atoms with van der Waals surface area (Å²) in [7, 11) is -7.02. The highest BCUT2D eigenvalue weighted by Crippen LogP contribution is 2.54. The maximum absolute atomic E-state index is 12.3. The molecule has 0 aromatic carbocycles. The Bertz CT molecular complexity index is 742. The van der Waals surface area contributed by atoms with E-state index in [1.165, 1.54) is 69.3 Å². The number of carbonyl (C=O) groups is 1. The van der Waals surface area contributed by atoms with Gasteiger partial charge in [0.25, 0.3) is 0 Å². The minimum atomic E-state index is -7.43. The fraction of sp³-hybridized carbons (Fsp3) is 0.950. The molecule has 0 amide bonds. The van der Waals surface area contributed by atoms with Crippen molar-refractivity contribution in [2.75, 3.05) is 17.3 Å². The first-order chi connectivity index (χ1) is 15.8. The van der Waals surface area contributed by atoms with Crippen molar-refractivity contribution in [3.05, 3.63) is 0 Å². The number of ketones is 1. The van der Waals surface area contributed by atoms with Gasteiger partial charge in [-0.2, -0.15) is 39.5 Å². The molecule has 1 rings (SSSR count). The Kier molecular flexibility index (Phi) is 13.5. The second-order valence-corrected chi connectivity index (χ2v) is 12.0. The van der Waals surface area contributed by atoms with Crippen molar-refractivity contribution >= 4 is 26.8 Å². The van der Waals surface area contributed by atoms with E-state index in [-0.39, 0.29) is 0 Å². The van der Waals surface area contributed by atoms with E-state index in [1.54, 1.807) is 0 Å². The van der Waals surface area contributed by atoms with Crippen LogP contribution in [0, 0.1) is 5.92 Å². The van der Waals surface area contributed by atoms with Crippen molar-refractivity contribution in [2.24, 2.45) is 5.92 Å². The van der Waals surface area contributed by atoms with Gasteiger partial charge in [-0.05, 0) is 36.6 Å². The number of hydrogen-bond acceptors (Lipinski definition) is 4. The third-order valence-corrected chi connectivity index (χ3v) is 8.72. The maximum atomic E-state index is 12.3. The number of hydrogen-bond donors (Lipinski definition) is 0. The SMILES string of the molecule is CCCC[S+](CCCC)CC(=O)C1CCCCC1.O=S(=O)([O-])C(F)(F)C(F)(F)C(F)(F)C(F)(F)F. The lowest BCUT2D eigenvalue weighted by molar-refractivity contribution is -0.382. The molecular formula is C20H31F9O4S2. The van der Waals surface area contributed by atoms with Gasteiger partial charge in [-0.1, -0.05) is 46.0 Å². The predicted octanol–water partition coefficient (Wildman–Crippen LogP) is 6.31. The summed E-state index contributed by atoms with van der Waals surface area (Å²) in [5, 5.41) is -7.11. The third kappa shape index (κ3) is 9.28. The number of rotatable bonds is 12. The monoisotopic (exact) mass is 570 g/mol. The molecule has 35 heavy (non-hydrogen) atoms. The van der Waals surface area contributed by atoms with Crippen LogP contribution < -0.4 is 0 Å². The van der Waals surface area contributed by atoms with Gasteiger partial charge in [-0.3, -0.25) is 4.79 Å². The summed E-state index contributed by atoms with van der Waals surface area (Å²) in [5.41, 5.74) is 0. The van der Waals surface area contributed by atoms with Gasteiger partial charge in [0, 0.05) is 5.92 Å². The van der Waals surface area contributed by atoms with Crippen molar-refractivity contribution in [1.29, 1.82) is 0 Å². The van der Waals surface area contributed by atoms with Gasteiger partial charge in [0.05, 0.1) is 0 Å². The quantitative estimate of drug-likeness (QED) is 0.157. The lowest BCUT2D eigenvalue weighted by atomic mass is 9.87. The van der Waals surface area contributed by atoms with E-state index in [9.17, 15) is 57.3 Å². The van der Waals surface area contributed by atoms with E-state index in [0.29, 0.717) is 22.6 Å². The van der Waals surface area contributed by atoms with Gasteiger partial charge in [0.15, 0.2) is 21.7 Å². The van der Waals surface area contributed by atoms with Gasteiger partial charge < -0.3 is 4.55 Å². The van der Waals surface area contributed by atoms with Crippen LogP contribution in [0.1, 0.15) is 71.6 Å². The molecule has 0 N–H and O–H groups in total. The molecule has 210 valence electrons. The molecule has 4 nitrogen and oxygen atoms in total. The number of unbranched alkanes of at least 4 members (excludes halogenated alkanes) is 2. The van der Waals surface area contributed by atoms with Crippen LogP contribution >= 0.6 is 0 Å². The third-order valence-electron chi connectivity index (χ3n) is 5.41. The number of halogens is 9. The zero-order valence-corrected chi connectivity index (χ0v) is 21.0. The topological polar surface area (TPSA) is 74.3 Å². The Morgan fingerprint density at radius 3 is 1.60 bits per heavy atom. The molecule has 1 saturated carbocycles. The molecule has 0 aromatic rings. The van der Waals surface area contributed by atoms with Crippen molar-refractivity contribution in [1.82, 2.24) is 0 Å². The Morgan fingerprint density at radius 1 is 0.829 bits per heavy atom. The van der Waals surface area contributed by atoms with E-state index < -0.39 is 33.4 Å². The second-order valence-electron chi connectivity index (χ2n) is 8.29. The zero-order chi connectivity index (χ0) is 27.7. The van der Waals surface area contributed by atoms with E-state index in [4.69, 9.17) is 0 Å². The van der Waals surface area contributed by atoms with Gasteiger partial charge >= 0.3 is 23.3 Å². The van der Waals surface area contributed by atoms with Crippen LogP contribution in [0.3, 0.4) is 0 Å². The van der Waals surface area contributed by atoms with Crippen LogP contribution in [0.2, 0.25) is 0 Å². The van der Waals surface area contributed by atoms with Crippen molar-refractivity contribution in [2.45, 2.75) is 94.9 Å². The first-order valence-corrected chi connectivity index (χ1v) is 14.2. The average Bonchev–Trinajstić information content (AvgIpc) is 2.74. The van der Waals surface area contributed by atoms with Gasteiger partial charge in [-0.15, -0.1) is 0 Å². The van der Waals surface area contributed by atoms with Crippen LogP contribution in [0.4, 0.5) is 39.5 Å². The second kappa shape index (κ2) is 13.7. The molecule has 0 unspecified atom stereocenters. The summed E-state index contributed by atoms with van der Waals surface area (Å²) in [6.45, 7) is 4.51. The number of Topliss-reactive ketones (excluding diaryl/α,β-unsaturated/α-hetero) is 1. The molecular weight excluding hydrogens is 539 g/mol. The average molecular weight is 571 g/mol. The summed E-state index contributed by atoms with van der Waals surface area (Å²) in [5.74, 6) is -10.3. The standard InChI is InChI=1S/C16H31OS.C4HF9O3S/c1-3-5-12-18(13-6-4-2)14-16(17)15-10-8-7-9-11-15;5-1(6,3(9,10)11)2(7,8)4(12,13)17(14,15)16/h15H,3-14H2,1-2H3;(H,14,15,16)/q+1;/p-1. The summed E-state index contributed by atoms with van der Waals surface area (Å²) in [6, 6.07) is 0. The normalized spacial score (nSPS) is 16.7. The zero-order valence-electron chi connectivity index (χ0n) is 19.4.